The largest absolute Gasteiger partial charge is 0.384 e. The number of nitrogens with zero attached hydrogens (tertiary/aromatic N) is 5. The number of hydrogen-bond acceptors (Lipinski definition) is 7. The van der Waals surface area contributed by atoms with Gasteiger partial charge in [-0.15, -0.1) is 11.3 Å². The summed E-state index contributed by atoms with van der Waals surface area (Å²) in [5.41, 5.74) is 8.82. The third-order valence-corrected chi connectivity index (χ3v) is 7.18. The van der Waals surface area contributed by atoms with Crippen molar-refractivity contribution >= 4 is 33.3 Å². The molecule has 0 fully saturated rings. The second kappa shape index (κ2) is 8.36. The summed E-state index contributed by atoms with van der Waals surface area (Å²) >= 11 is 1.57. The molecule has 0 amide bonds. The quantitative estimate of drug-likeness (QED) is 0.307. The molecule has 8 heteroatoms. The minimum absolute atomic E-state index is 0.198. The lowest BCUT2D eigenvalue weighted by atomic mass is 10.0. The number of hydrogen-bond donors (Lipinski definition) is 1. The van der Waals surface area contributed by atoms with Crippen molar-refractivity contribution in [3.8, 4) is 11.1 Å². The van der Waals surface area contributed by atoms with Crippen LogP contribution in [0.3, 0.4) is 0 Å². The van der Waals surface area contributed by atoms with Crippen LogP contribution in [0.15, 0.2) is 70.3 Å². The predicted octanol–water partition coefficient (Wildman–Crippen LogP) is 6.18. The number of aryl methyl sites for hydroxylation is 2. The Morgan fingerprint density at radius 3 is 2.47 bits per heavy atom. The maximum Gasteiger partial charge on any atom is 0.141 e. The second-order valence-corrected chi connectivity index (χ2v) is 10.3. The Kier molecular flexibility index (Phi) is 5.24. The van der Waals surface area contributed by atoms with E-state index in [1.807, 2.05) is 56.0 Å². The van der Waals surface area contributed by atoms with Crippen LogP contribution in [-0.2, 0) is 5.60 Å². The topological polar surface area (TPSA) is 89.9 Å². The van der Waals surface area contributed by atoms with E-state index in [0.29, 0.717) is 5.69 Å². The molecule has 1 atom stereocenters. The van der Waals surface area contributed by atoms with Gasteiger partial charge in [0.05, 0.1) is 39.1 Å². The highest BCUT2D eigenvalue weighted by Crippen LogP contribution is 2.39. The minimum atomic E-state index is -1.09. The summed E-state index contributed by atoms with van der Waals surface area (Å²) < 4.78 is 7.71. The van der Waals surface area contributed by atoms with Crippen LogP contribution in [0, 0.1) is 13.8 Å². The summed E-state index contributed by atoms with van der Waals surface area (Å²) in [5, 5.41) is 17.9. The van der Waals surface area contributed by atoms with Crippen LogP contribution < -0.4 is 0 Å². The number of aromatic nitrogens is 5. The normalized spacial score (nSPS) is 13.0. The molecule has 0 radical (unpaired) electrons. The van der Waals surface area contributed by atoms with E-state index in [1.165, 1.54) is 0 Å². The average molecular weight is 496 g/mol. The third-order valence-electron chi connectivity index (χ3n) is 6.58. The highest BCUT2D eigenvalue weighted by molar-refractivity contribution is 7.07. The maximum atomic E-state index is 10.8. The number of thiazole rings is 1. The monoisotopic (exact) mass is 495 g/mol. The molecule has 5 aromatic heterocycles. The SMILES string of the molecule is Cc1noc(C)c1-c1cnc2c3cnc(C(C)(C)O)cc3n(C(c3ccccc3)c3cscn3)c2c1. The first-order valence-electron chi connectivity index (χ1n) is 11.7. The molecule has 6 aromatic rings. The Morgan fingerprint density at radius 1 is 1.00 bits per heavy atom. The minimum Gasteiger partial charge on any atom is -0.384 e. The molecule has 36 heavy (non-hydrogen) atoms. The summed E-state index contributed by atoms with van der Waals surface area (Å²) in [5.74, 6) is 0.751. The van der Waals surface area contributed by atoms with Crippen LogP contribution in [-0.4, -0.2) is 29.8 Å². The predicted molar refractivity (Wildman–Crippen MR) is 141 cm³/mol. The Balaban J connectivity index is 1.74. The molecule has 6 rings (SSSR count). The Hall–Kier alpha value is -3.88. The highest BCUT2D eigenvalue weighted by atomic mass is 32.1. The van der Waals surface area contributed by atoms with E-state index in [4.69, 9.17) is 14.5 Å². The van der Waals surface area contributed by atoms with Crippen molar-refractivity contribution in [2.75, 3.05) is 0 Å². The summed E-state index contributed by atoms with van der Waals surface area (Å²) in [4.78, 5) is 14.2. The fourth-order valence-corrected chi connectivity index (χ4v) is 5.46. The van der Waals surface area contributed by atoms with Gasteiger partial charge in [-0.2, -0.15) is 0 Å². The van der Waals surface area contributed by atoms with Gasteiger partial charge < -0.3 is 14.2 Å². The van der Waals surface area contributed by atoms with Crippen molar-refractivity contribution in [3.05, 3.63) is 94.2 Å². The van der Waals surface area contributed by atoms with Gasteiger partial charge in [-0.25, -0.2) is 4.98 Å². The summed E-state index contributed by atoms with van der Waals surface area (Å²) in [6.07, 6.45) is 3.68. The lowest BCUT2D eigenvalue weighted by Crippen LogP contribution is -2.18. The van der Waals surface area contributed by atoms with Crippen molar-refractivity contribution in [1.82, 2.24) is 24.7 Å². The van der Waals surface area contributed by atoms with Crippen molar-refractivity contribution in [2.45, 2.75) is 39.3 Å². The van der Waals surface area contributed by atoms with E-state index in [1.54, 1.807) is 25.2 Å². The zero-order valence-electron chi connectivity index (χ0n) is 20.4. The van der Waals surface area contributed by atoms with Gasteiger partial charge in [0.2, 0.25) is 0 Å². The summed E-state index contributed by atoms with van der Waals surface area (Å²) in [6.45, 7) is 7.35. The molecule has 0 aliphatic carbocycles. The van der Waals surface area contributed by atoms with Gasteiger partial charge in [0, 0.05) is 34.3 Å². The molecule has 0 aliphatic rings. The van der Waals surface area contributed by atoms with Gasteiger partial charge in [0.25, 0.3) is 0 Å². The Labute approximate surface area is 212 Å². The van der Waals surface area contributed by atoms with Crippen LogP contribution in [0.4, 0.5) is 0 Å². The molecular weight excluding hydrogens is 470 g/mol. The zero-order chi connectivity index (χ0) is 25.0. The van der Waals surface area contributed by atoms with E-state index in [-0.39, 0.29) is 6.04 Å². The highest BCUT2D eigenvalue weighted by Gasteiger charge is 2.27. The molecular formula is C28H25N5O2S. The van der Waals surface area contributed by atoms with Gasteiger partial charge in [-0.1, -0.05) is 35.5 Å². The number of benzene rings is 1. The van der Waals surface area contributed by atoms with Gasteiger partial charge >= 0.3 is 0 Å². The van der Waals surface area contributed by atoms with Crippen LogP contribution >= 0.6 is 11.3 Å². The molecule has 0 aliphatic heterocycles. The molecule has 1 unspecified atom stereocenters. The van der Waals surface area contributed by atoms with Crippen LogP contribution in [0.5, 0.6) is 0 Å². The summed E-state index contributed by atoms with van der Waals surface area (Å²) in [7, 11) is 0. The van der Waals surface area contributed by atoms with Crippen molar-refractivity contribution in [2.24, 2.45) is 0 Å². The number of fused-ring (bicyclic) bond motifs is 3. The number of pyridine rings is 2. The maximum absolute atomic E-state index is 10.8. The fourth-order valence-electron chi connectivity index (χ4n) is 4.89. The molecule has 180 valence electrons. The Bertz CT molecular complexity index is 1680. The van der Waals surface area contributed by atoms with E-state index < -0.39 is 5.60 Å². The van der Waals surface area contributed by atoms with E-state index in [2.05, 4.69) is 38.3 Å². The zero-order valence-corrected chi connectivity index (χ0v) is 21.2. The average Bonchev–Trinajstić information content (AvgIpc) is 3.58. The molecule has 1 N–H and O–H groups in total. The fraction of sp³-hybridized carbons (Fsp3) is 0.214. The van der Waals surface area contributed by atoms with Crippen LogP contribution in [0.2, 0.25) is 0 Å². The molecule has 0 bridgehead atoms. The first kappa shape index (κ1) is 22.6. The molecule has 0 spiro atoms. The molecule has 0 saturated carbocycles. The van der Waals surface area contributed by atoms with Crippen LogP contribution in [0.25, 0.3) is 33.1 Å². The molecule has 0 saturated heterocycles. The first-order chi connectivity index (χ1) is 17.3. The smallest absolute Gasteiger partial charge is 0.141 e. The van der Waals surface area contributed by atoms with Crippen molar-refractivity contribution in [1.29, 1.82) is 0 Å². The van der Waals surface area contributed by atoms with Gasteiger partial charge in [-0.3, -0.25) is 9.97 Å². The lowest BCUT2D eigenvalue weighted by Gasteiger charge is -2.22. The Morgan fingerprint density at radius 2 is 1.81 bits per heavy atom. The molecule has 5 heterocycles. The lowest BCUT2D eigenvalue weighted by molar-refractivity contribution is 0.0740. The van der Waals surface area contributed by atoms with Gasteiger partial charge in [0.15, 0.2) is 0 Å². The first-order valence-corrected chi connectivity index (χ1v) is 12.7. The van der Waals surface area contributed by atoms with E-state index in [9.17, 15) is 5.11 Å². The third kappa shape index (κ3) is 3.61. The van der Waals surface area contributed by atoms with Gasteiger partial charge in [0.1, 0.15) is 17.4 Å². The van der Waals surface area contributed by atoms with E-state index in [0.717, 1.165) is 55.8 Å². The van der Waals surface area contributed by atoms with Crippen LogP contribution in [0.1, 0.15) is 48.3 Å². The van der Waals surface area contributed by atoms with Crippen molar-refractivity contribution < 1.29 is 9.63 Å². The number of aliphatic hydroxyl groups is 1. The van der Waals surface area contributed by atoms with E-state index >= 15 is 0 Å². The second-order valence-electron chi connectivity index (χ2n) is 9.53. The summed E-state index contributed by atoms with van der Waals surface area (Å²) in [6, 6.07) is 14.2. The molecule has 1 aromatic carbocycles. The van der Waals surface area contributed by atoms with Gasteiger partial charge in [-0.05, 0) is 45.4 Å². The molecule has 7 nitrogen and oxygen atoms in total. The standard InChI is InChI=1S/C28H25N5O2S/c1-16-25(17(2)35-32-16)19-10-23-26(30-12-19)20-13-29-24(28(3,4)34)11-22(20)33(23)27(21-14-36-15-31-21)18-8-6-5-7-9-18/h5-15,27,34H,1-4H3. The number of rotatable bonds is 5. The van der Waals surface area contributed by atoms with Crippen molar-refractivity contribution in [3.63, 3.8) is 0 Å².